The first-order valence-electron chi connectivity index (χ1n) is 6.96. The Hall–Kier alpha value is -2.37. The molecular formula is C16H13ClN4O. The fourth-order valence-corrected chi connectivity index (χ4v) is 3.19. The van der Waals surface area contributed by atoms with Crippen LogP contribution in [-0.2, 0) is 6.42 Å². The Kier molecular flexibility index (Phi) is 2.92. The van der Waals surface area contributed by atoms with Gasteiger partial charge in [-0.15, -0.1) is 0 Å². The predicted molar refractivity (Wildman–Crippen MR) is 85.3 cm³/mol. The van der Waals surface area contributed by atoms with E-state index >= 15 is 0 Å². The van der Waals surface area contributed by atoms with Gasteiger partial charge in [0.2, 0.25) is 0 Å². The van der Waals surface area contributed by atoms with E-state index in [1.54, 1.807) is 4.57 Å². The minimum Gasteiger partial charge on any atom is -0.321 e. The van der Waals surface area contributed by atoms with Gasteiger partial charge in [-0.2, -0.15) is 5.10 Å². The summed E-state index contributed by atoms with van der Waals surface area (Å²) in [5, 5.41) is 7.17. The summed E-state index contributed by atoms with van der Waals surface area (Å²) in [5.74, 6) is 0.572. The molecule has 2 heterocycles. The number of hydrogen-bond donors (Lipinski definition) is 2. The summed E-state index contributed by atoms with van der Waals surface area (Å²) in [5.41, 5.74) is 9.67. The fraction of sp³-hybridized carbons (Fsp3) is 0.125. The topological polar surface area (TPSA) is 76.7 Å². The largest absolute Gasteiger partial charge is 0.347 e. The Labute approximate surface area is 131 Å². The Balaban J connectivity index is 1.91. The van der Waals surface area contributed by atoms with E-state index in [9.17, 15) is 4.79 Å². The van der Waals surface area contributed by atoms with E-state index in [4.69, 9.17) is 17.3 Å². The van der Waals surface area contributed by atoms with Crippen molar-refractivity contribution in [2.45, 2.75) is 12.5 Å². The molecule has 2 aromatic carbocycles. The van der Waals surface area contributed by atoms with E-state index in [0.717, 1.165) is 22.4 Å². The second-order valence-corrected chi connectivity index (χ2v) is 5.76. The molecule has 0 radical (unpaired) electrons. The van der Waals surface area contributed by atoms with Gasteiger partial charge in [0.05, 0.1) is 11.7 Å². The van der Waals surface area contributed by atoms with Gasteiger partial charge in [-0.3, -0.25) is 0 Å². The number of rotatable bonds is 1. The molecule has 4 rings (SSSR count). The zero-order chi connectivity index (χ0) is 15.3. The minimum absolute atomic E-state index is 0.267. The molecule has 0 fully saturated rings. The standard InChI is InChI=1S/C16H13ClN4O/c17-12-4-2-1-3-11(12)9-5-6-14-10(7-9)8-13(18)15-19-20-16(22)21(14)15/h1-7,13H,8,18H2,(H,20,22). The lowest BCUT2D eigenvalue weighted by atomic mass is 9.95. The predicted octanol–water partition coefficient (Wildman–Crippen LogP) is 2.44. The highest BCUT2D eigenvalue weighted by molar-refractivity contribution is 6.33. The van der Waals surface area contributed by atoms with Crippen molar-refractivity contribution < 1.29 is 0 Å². The summed E-state index contributed by atoms with van der Waals surface area (Å²) >= 11 is 6.26. The molecule has 0 aliphatic carbocycles. The third kappa shape index (κ3) is 1.90. The molecule has 1 atom stereocenters. The SMILES string of the molecule is NC1Cc2cc(-c3ccccc3Cl)ccc2-n2c1n[nH]c2=O. The second-order valence-electron chi connectivity index (χ2n) is 5.36. The number of nitrogens with one attached hydrogen (secondary N) is 1. The molecule has 6 heteroatoms. The van der Waals surface area contributed by atoms with E-state index in [1.807, 2.05) is 42.5 Å². The van der Waals surface area contributed by atoms with Crippen LogP contribution in [0.1, 0.15) is 17.4 Å². The molecule has 3 N–H and O–H groups in total. The average Bonchev–Trinajstić information content (AvgIpc) is 2.90. The Morgan fingerprint density at radius 1 is 1.27 bits per heavy atom. The molecule has 0 spiro atoms. The first kappa shape index (κ1) is 13.3. The van der Waals surface area contributed by atoms with Crippen molar-refractivity contribution in [1.29, 1.82) is 0 Å². The van der Waals surface area contributed by atoms with Gasteiger partial charge in [0.1, 0.15) is 0 Å². The summed E-state index contributed by atoms with van der Waals surface area (Å²) in [6.07, 6.45) is 0.637. The van der Waals surface area contributed by atoms with Crippen molar-refractivity contribution in [1.82, 2.24) is 14.8 Å². The lowest BCUT2D eigenvalue weighted by Crippen LogP contribution is -2.28. The molecule has 110 valence electrons. The normalized spacial score (nSPS) is 16.2. The van der Waals surface area contributed by atoms with Crippen LogP contribution in [0, 0.1) is 0 Å². The summed E-state index contributed by atoms with van der Waals surface area (Å²) < 4.78 is 1.54. The van der Waals surface area contributed by atoms with E-state index in [2.05, 4.69) is 10.2 Å². The monoisotopic (exact) mass is 312 g/mol. The summed E-state index contributed by atoms with van der Waals surface area (Å²) in [4.78, 5) is 11.9. The van der Waals surface area contributed by atoms with E-state index < -0.39 is 0 Å². The third-order valence-corrected chi connectivity index (χ3v) is 4.30. The Morgan fingerprint density at radius 3 is 2.91 bits per heavy atom. The number of aromatic amines is 1. The number of H-pyrrole nitrogens is 1. The number of halogens is 1. The van der Waals surface area contributed by atoms with Crippen molar-refractivity contribution in [2.24, 2.45) is 5.73 Å². The van der Waals surface area contributed by atoms with Crippen LogP contribution < -0.4 is 11.4 Å². The van der Waals surface area contributed by atoms with Gasteiger partial charge < -0.3 is 5.73 Å². The van der Waals surface area contributed by atoms with Crippen molar-refractivity contribution in [3.63, 3.8) is 0 Å². The van der Waals surface area contributed by atoms with Crippen molar-refractivity contribution in [3.05, 3.63) is 69.4 Å². The van der Waals surface area contributed by atoms with Gasteiger partial charge in [0.25, 0.3) is 0 Å². The summed E-state index contributed by atoms with van der Waals surface area (Å²) in [7, 11) is 0. The fourth-order valence-electron chi connectivity index (χ4n) is 2.95. The van der Waals surface area contributed by atoms with Crippen LogP contribution >= 0.6 is 11.6 Å². The van der Waals surface area contributed by atoms with Gasteiger partial charge in [0, 0.05) is 10.6 Å². The zero-order valence-electron chi connectivity index (χ0n) is 11.6. The lowest BCUT2D eigenvalue weighted by Gasteiger charge is -2.22. The molecule has 5 nitrogen and oxygen atoms in total. The number of nitrogens with zero attached hydrogens (tertiary/aromatic N) is 2. The molecule has 3 aromatic rings. The highest BCUT2D eigenvalue weighted by Gasteiger charge is 2.26. The summed E-state index contributed by atoms with van der Waals surface area (Å²) in [6.45, 7) is 0. The van der Waals surface area contributed by atoms with Crippen LogP contribution in [0.5, 0.6) is 0 Å². The average molecular weight is 313 g/mol. The van der Waals surface area contributed by atoms with Gasteiger partial charge >= 0.3 is 5.69 Å². The molecule has 0 saturated heterocycles. The highest BCUT2D eigenvalue weighted by Crippen LogP contribution is 2.33. The molecule has 1 aromatic heterocycles. The lowest BCUT2D eigenvalue weighted by molar-refractivity contribution is 0.619. The molecule has 0 bridgehead atoms. The van der Waals surface area contributed by atoms with Crippen LogP contribution in [0.25, 0.3) is 16.8 Å². The van der Waals surface area contributed by atoms with E-state index in [-0.39, 0.29) is 11.7 Å². The quantitative estimate of drug-likeness (QED) is 0.724. The maximum atomic E-state index is 11.9. The number of fused-ring (bicyclic) bond motifs is 3. The second kappa shape index (κ2) is 4.83. The van der Waals surface area contributed by atoms with Crippen LogP contribution in [0.15, 0.2) is 47.3 Å². The van der Waals surface area contributed by atoms with Gasteiger partial charge in [-0.05, 0) is 35.7 Å². The highest BCUT2D eigenvalue weighted by atomic mass is 35.5. The maximum absolute atomic E-state index is 11.9. The van der Waals surface area contributed by atoms with Crippen LogP contribution in [0.4, 0.5) is 0 Å². The Bertz CT molecular complexity index is 928. The maximum Gasteiger partial charge on any atom is 0.347 e. The van der Waals surface area contributed by atoms with Crippen molar-refractivity contribution >= 4 is 11.6 Å². The number of benzene rings is 2. The van der Waals surface area contributed by atoms with Crippen molar-refractivity contribution in [3.8, 4) is 16.8 Å². The van der Waals surface area contributed by atoms with Crippen LogP contribution in [0.3, 0.4) is 0 Å². The minimum atomic E-state index is -0.298. The van der Waals surface area contributed by atoms with Crippen LogP contribution in [-0.4, -0.2) is 14.8 Å². The molecular weight excluding hydrogens is 300 g/mol. The zero-order valence-corrected chi connectivity index (χ0v) is 12.3. The molecule has 0 saturated carbocycles. The smallest absolute Gasteiger partial charge is 0.321 e. The van der Waals surface area contributed by atoms with Gasteiger partial charge in [0.15, 0.2) is 5.82 Å². The van der Waals surface area contributed by atoms with Crippen molar-refractivity contribution in [2.75, 3.05) is 0 Å². The number of hydrogen-bond acceptors (Lipinski definition) is 3. The number of nitrogens with two attached hydrogens (primary N) is 1. The van der Waals surface area contributed by atoms with E-state index in [0.29, 0.717) is 17.3 Å². The number of aromatic nitrogens is 3. The molecule has 1 aliphatic heterocycles. The first-order chi connectivity index (χ1) is 10.6. The molecule has 1 aliphatic rings. The Morgan fingerprint density at radius 2 is 2.09 bits per heavy atom. The molecule has 0 amide bonds. The van der Waals surface area contributed by atoms with Crippen LogP contribution in [0.2, 0.25) is 5.02 Å². The molecule has 1 unspecified atom stereocenters. The first-order valence-corrected chi connectivity index (χ1v) is 7.34. The molecule has 22 heavy (non-hydrogen) atoms. The summed E-state index contributed by atoms with van der Waals surface area (Å²) in [6, 6.07) is 13.3. The van der Waals surface area contributed by atoms with Gasteiger partial charge in [-0.25, -0.2) is 14.5 Å². The van der Waals surface area contributed by atoms with Gasteiger partial charge in [-0.1, -0.05) is 35.9 Å². The van der Waals surface area contributed by atoms with E-state index in [1.165, 1.54) is 0 Å². The third-order valence-electron chi connectivity index (χ3n) is 3.98.